The van der Waals surface area contributed by atoms with E-state index in [9.17, 15) is 0 Å². The van der Waals surface area contributed by atoms with Crippen molar-refractivity contribution >= 4 is 0 Å². The fourth-order valence-corrected chi connectivity index (χ4v) is 1.84. The minimum absolute atomic E-state index is 0.0626. The van der Waals surface area contributed by atoms with Crippen LogP contribution in [0.4, 0.5) is 0 Å². The third-order valence-electron chi connectivity index (χ3n) is 3.04. The van der Waals surface area contributed by atoms with Crippen molar-refractivity contribution < 1.29 is 9.47 Å². The summed E-state index contributed by atoms with van der Waals surface area (Å²) in [5.74, 6) is 0. The van der Waals surface area contributed by atoms with E-state index in [-0.39, 0.29) is 6.29 Å². The zero-order chi connectivity index (χ0) is 14.9. The predicted octanol–water partition coefficient (Wildman–Crippen LogP) is 5.64. The van der Waals surface area contributed by atoms with E-state index in [1.807, 2.05) is 6.92 Å². The van der Waals surface area contributed by atoms with Gasteiger partial charge in [-0.15, -0.1) is 0 Å². The summed E-state index contributed by atoms with van der Waals surface area (Å²) in [5.41, 5.74) is 0. The first-order chi connectivity index (χ1) is 9.81. The fourth-order valence-electron chi connectivity index (χ4n) is 1.84. The Bertz CT molecular complexity index is 210. The van der Waals surface area contributed by atoms with Crippen molar-refractivity contribution in [3.63, 3.8) is 0 Å². The van der Waals surface area contributed by atoms with Crippen LogP contribution in [-0.2, 0) is 9.47 Å². The van der Waals surface area contributed by atoms with Gasteiger partial charge in [-0.25, -0.2) is 0 Å². The lowest BCUT2D eigenvalue weighted by atomic mass is 10.2. The first kappa shape index (κ1) is 19.4. The van der Waals surface area contributed by atoms with E-state index in [1.165, 1.54) is 12.8 Å². The van der Waals surface area contributed by atoms with Gasteiger partial charge in [-0.2, -0.15) is 0 Å². The molecule has 0 aliphatic carbocycles. The molecule has 0 aromatic rings. The summed E-state index contributed by atoms with van der Waals surface area (Å²) < 4.78 is 11.3. The highest BCUT2D eigenvalue weighted by atomic mass is 16.7. The van der Waals surface area contributed by atoms with E-state index >= 15 is 0 Å². The first-order valence-electron chi connectivity index (χ1n) is 8.34. The number of rotatable bonds is 14. The first-order valence-corrected chi connectivity index (χ1v) is 8.34. The molecule has 0 aliphatic rings. The summed E-state index contributed by atoms with van der Waals surface area (Å²) in [6.45, 7) is 7.94. The SMILES string of the molecule is CC/C=C\CCCCOC(C)OCCCC/C=C\CC. The average molecular weight is 282 g/mol. The van der Waals surface area contributed by atoms with Crippen LogP contribution >= 0.6 is 0 Å². The highest BCUT2D eigenvalue weighted by Crippen LogP contribution is 2.03. The molecule has 0 fully saturated rings. The molecule has 0 spiro atoms. The van der Waals surface area contributed by atoms with Crippen LogP contribution < -0.4 is 0 Å². The molecule has 0 aromatic carbocycles. The van der Waals surface area contributed by atoms with Crippen molar-refractivity contribution in [2.24, 2.45) is 0 Å². The monoisotopic (exact) mass is 282 g/mol. The molecule has 2 heteroatoms. The van der Waals surface area contributed by atoms with Crippen molar-refractivity contribution in [2.45, 2.75) is 78.4 Å². The summed E-state index contributed by atoms with van der Waals surface area (Å²) in [7, 11) is 0. The zero-order valence-electron chi connectivity index (χ0n) is 13.8. The molecule has 20 heavy (non-hydrogen) atoms. The Morgan fingerprint density at radius 3 is 1.55 bits per heavy atom. The molecule has 0 atom stereocenters. The Morgan fingerprint density at radius 2 is 1.15 bits per heavy atom. The standard InChI is InChI=1S/C18H34O2/c1-4-6-8-10-12-14-16-19-18(3)20-17-15-13-11-9-7-5-2/h6-9,18H,4-5,10-17H2,1-3H3/b8-6-,9-7-. The van der Waals surface area contributed by atoms with Gasteiger partial charge in [0.25, 0.3) is 0 Å². The lowest BCUT2D eigenvalue weighted by Crippen LogP contribution is -2.14. The minimum atomic E-state index is -0.0626. The predicted molar refractivity (Wildman–Crippen MR) is 87.9 cm³/mol. The van der Waals surface area contributed by atoms with Crippen LogP contribution in [0.25, 0.3) is 0 Å². The van der Waals surface area contributed by atoms with Crippen molar-refractivity contribution in [2.75, 3.05) is 13.2 Å². The average Bonchev–Trinajstić information content (AvgIpc) is 2.45. The number of hydrogen-bond donors (Lipinski definition) is 0. The fraction of sp³-hybridized carbons (Fsp3) is 0.778. The highest BCUT2D eigenvalue weighted by molar-refractivity contribution is 4.80. The molecule has 0 bridgehead atoms. The van der Waals surface area contributed by atoms with E-state index in [1.54, 1.807) is 0 Å². The van der Waals surface area contributed by atoms with Crippen molar-refractivity contribution in [1.82, 2.24) is 0 Å². The number of unbranched alkanes of at least 4 members (excludes halogenated alkanes) is 4. The number of ether oxygens (including phenoxy) is 2. The van der Waals surface area contributed by atoms with E-state index in [0.717, 1.165) is 51.7 Å². The largest absolute Gasteiger partial charge is 0.353 e. The molecule has 0 N–H and O–H groups in total. The Morgan fingerprint density at radius 1 is 0.700 bits per heavy atom. The Balaban J connectivity index is 3.22. The maximum atomic E-state index is 5.63. The maximum Gasteiger partial charge on any atom is 0.154 e. The molecule has 0 aliphatic heterocycles. The molecule has 2 nitrogen and oxygen atoms in total. The molecular formula is C18H34O2. The van der Waals surface area contributed by atoms with Gasteiger partial charge in [0.1, 0.15) is 0 Å². The molecule has 0 saturated carbocycles. The molecule has 0 unspecified atom stereocenters. The molecule has 0 rings (SSSR count). The van der Waals surface area contributed by atoms with Gasteiger partial charge in [0.15, 0.2) is 6.29 Å². The van der Waals surface area contributed by atoms with E-state index < -0.39 is 0 Å². The van der Waals surface area contributed by atoms with Gasteiger partial charge in [0.2, 0.25) is 0 Å². The van der Waals surface area contributed by atoms with E-state index in [4.69, 9.17) is 9.47 Å². The summed E-state index contributed by atoms with van der Waals surface area (Å²) in [6, 6.07) is 0. The Kier molecular flexibility index (Phi) is 16.0. The minimum Gasteiger partial charge on any atom is -0.353 e. The van der Waals surface area contributed by atoms with Crippen molar-refractivity contribution in [3.8, 4) is 0 Å². The second kappa shape index (κ2) is 16.5. The van der Waals surface area contributed by atoms with Gasteiger partial charge in [0, 0.05) is 13.2 Å². The third kappa shape index (κ3) is 15.5. The van der Waals surface area contributed by atoms with E-state index in [2.05, 4.69) is 38.2 Å². The maximum absolute atomic E-state index is 5.63. The van der Waals surface area contributed by atoms with Crippen molar-refractivity contribution in [1.29, 1.82) is 0 Å². The molecule has 0 heterocycles. The smallest absolute Gasteiger partial charge is 0.154 e. The lowest BCUT2D eigenvalue weighted by molar-refractivity contribution is -0.131. The second-order valence-electron chi connectivity index (χ2n) is 5.06. The van der Waals surface area contributed by atoms with Crippen LogP contribution in [-0.4, -0.2) is 19.5 Å². The highest BCUT2D eigenvalue weighted by Gasteiger charge is 2.00. The molecule has 0 saturated heterocycles. The van der Waals surface area contributed by atoms with Crippen LogP contribution in [0.15, 0.2) is 24.3 Å². The Labute approximate surface area is 126 Å². The number of allylic oxidation sites excluding steroid dienone is 4. The second-order valence-corrected chi connectivity index (χ2v) is 5.06. The van der Waals surface area contributed by atoms with Crippen LogP contribution in [0, 0.1) is 0 Å². The van der Waals surface area contributed by atoms with Crippen LogP contribution in [0.2, 0.25) is 0 Å². The van der Waals surface area contributed by atoms with Crippen LogP contribution in [0.5, 0.6) is 0 Å². The van der Waals surface area contributed by atoms with Crippen molar-refractivity contribution in [3.05, 3.63) is 24.3 Å². The summed E-state index contributed by atoms with van der Waals surface area (Å²) in [5, 5.41) is 0. The Hall–Kier alpha value is -0.600. The van der Waals surface area contributed by atoms with Gasteiger partial charge < -0.3 is 9.47 Å². The van der Waals surface area contributed by atoms with Crippen LogP contribution in [0.3, 0.4) is 0 Å². The topological polar surface area (TPSA) is 18.5 Å². The summed E-state index contributed by atoms with van der Waals surface area (Å²) in [4.78, 5) is 0. The quantitative estimate of drug-likeness (QED) is 0.233. The molecule has 0 amide bonds. The van der Waals surface area contributed by atoms with Gasteiger partial charge in [0.05, 0.1) is 0 Å². The molecular weight excluding hydrogens is 248 g/mol. The van der Waals surface area contributed by atoms with Gasteiger partial charge in [-0.1, -0.05) is 38.2 Å². The third-order valence-corrected chi connectivity index (χ3v) is 3.04. The van der Waals surface area contributed by atoms with Gasteiger partial charge in [-0.05, 0) is 58.3 Å². The molecule has 0 aromatic heterocycles. The zero-order valence-corrected chi connectivity index (χ0v) is 13.8. The van der Waals surface area contributed by atoms with Crippen LogP contribution in [0.1, 0.15) is 72.1 Å². The summed E-state index contributed by atoms with van der Waals surface area (Å²) >= 11 is 0. The normalized spacial score (nSPS) is 12.2. The van der Waals surface area contributed by atoms with E-state index in [0.29, 0.717) is 0 Å². The molecule has 0 radical (unpaired) electrons. The summed E-state index contributed by atoms with van der Waals surface area (Å²) in [6.07, 6.45) is 18.1. The number of hydrogen-bond acceptors (Lipinski definition) is 2. The van der Waals surface area contributed by atoms with Gasteiger partial charge >= 0.3 is 0 Å². The van der Waals surface area contributed by atoms with Gasteiger partial charge in [-0.3, -0.25) is 0 Å². The molecule has 118 valence electrons. The lowest BCUT2D eigenvalue weighted by Gasteiger charge is -2.13.